The maximum absolute atomic E-state index is 12.2. The minimum atomic E-state index is 0.0146. The summed E-state index contributed by atoms with van der Waals surface area (Å²) in [6, 6.07) is 7.29. The number of hydrogen-bond donors (Lipinski definition) is 0. The lowest BCUT2D eigenvalue weighted by molar-refractivity contribution is -0.130. The van der Waals surface area contributed by atoms with Gasteiger partial charge in [-0.3, -0.25) is 9.59 Å². The number of amides is 1. The van der Waals surface area contributed by atoms with Gasteiger partial charge in [0, 0.05) is 23.0 Å². The third-order valence-corrected chi connectivity index (χ3v) is 4.53. The minimum Gasteiger partial charge on any atom is -0.335 e. The predicted octanol–water partition coefficient (Wildman–Crippen LogP) is 3.67. The van der Waals surface area contributed by atoms with E-state index in [1.54, 1.807) is 17.0 Å². The number of carbonyl (C=O) groups excluding carboxylic acids is 2. The summed E-state index contributed by atoms with van der Waals surface area (Å²) in [7, 11) is 0. The van der Waals surface area contributed by atoms with Gasteiger partial charge in [0.15, 0.2) is 5.78 Å². The van der Waals surface area contributed by atoms with Crippen molar-refractivity contribution in [3.63, 3.8) is 0 Å². The van der Waals surface area contributed by atoms with E-state index in [4.69, 9.17) is 0 Å². The molecular weight excluding hydrogens is 318 g/mol. The van der Waals surface area contributed by atoms with E-state index in [-0.39, 0.29) is 18.2 Å². The van der Waals surface area contributed by atoms with E-state index in [0.29, 0.717) is 24.4 Å². The van der Waals surface area contributed by atoms with Crippen molar-refractivity contribution in [2.75, 3.05) is 13.1 Å². The molecule has 3 nitrogen and oxygen atoms in total. The molecule has 108 valence electrons. The first kappa shape index (κ1) is 15.2. The molecule has 2 rings (SSSR count). The van der Waals surface area contributed by atoms with Gasteiger partial charge in [0.05, 0.1) is 6.54 Å². The first-order valence-corrected chi connectivity index (χ1v) is 7.96. The highest BCUT2D eigenvalue weighted by atomic mass is 79.9. The number of likely N-dealkylation sites (tertiary alicyclic amines) is 1. The molecule has 1 atom stereocenters. The molecule has 0 spiro atoms. The van der Waals surface area contributed by atoms with Crippen LogP contribution in [0.25, 0.3) is 0 Å². The zero-order chi connectivity index (χ0) is 14.5. The third-order valence-electron chi connectivity index (χ3n) is 4.00. The molecule has 1 aromatic carbocycles. The molecule has 1 saturated heterocycles. The highest BCUT2D eigenvalue weighted by molar-refractivity contribution is 9.10. The van der Waals surface area contributed by atoms with Gasteiger partial charge in [-0.1, -0.05) is 41.4 Å². The van der Waals surface area contributed by atoms with Crippen molar-refractivity contribution in [3.8, 4) is 0 Å². The first-order chi connectivity index (χ1) is 9.60. The summed E-state index contributed by atoms with van der Waals surface area (Å²) in [6.45, 7) is 3.08. The second kappa shape index (κ2) is 7.02. The fraction of sp³-hybridized carbons (Fsp3) is 0.500. The van der Waals surface area contributed by atoms with Gasteiger partial charge >= 0.3 is 0 Å². The van der Waals surface area contributed by atoms with Crippen LogP contribution >= 0.6 is 15.9 Å². The molecular formula is C16H20BrNO2. The third kappa shape index (κ3) is 3.92. The van der Waals surface area contributed by atoms with Gasteiger partial charge in [-0.25, -0.2) is 0 Å². The van der Waals surface area contributed by atoms with Gasteiger partial charge < -0.3 is 4.90 Å². The molecule has 1 aliphatic heterocycles. The maximum Gasteiger partial charge on any atom is 0.222 e. The molecule has 1 fully saturated rings. The van der Waals surface area contributed by atoms with Gasteiger partial charge in [-0.2, -0.15) is 0 Å². The molecule has 1 unspecified atom stereocenters. The van der Waals surface area contributed by atoms with Crippen LogP contribution in [0.3, 0.4) is 0 Å². The molecule has 0 aromatic heterocycles. The molecule has 0 N–H and O–H groups in total. The quantitative estimate of drug-likeness (QED) is 0.786. The van der Waals surface area contributed by atoms with Crippen molar-refractivity contribution < 1.29 is 9.59 Å². The Morgan fingerprint density at radius 1 is 1.30 bits per heavy atom. The second-order valence-electron chi connectivity index (χ2n) is 5.35. The number of ketones is 1. The molecule has 1 aromatic rings. The summed E-state index contributed by atoms with van der Waals surface area (Å²) in [4.78, 5) is 26.0. The summed E-state index contributed by atoms with van der Waals surface area (Å²) in [5.41, 5.74) is 0.664. The van der Waals surface area contributed by atoms with E-state index in [1.165, 1.54) is 0 Å². The smallest absolute Gasteiger partial charge is 0.222 e. The van der Waals surface area contributed by atoms with Crippen molar-refractivity contribution >= 4 is 27.6 Å². The van der Waals surface area contributed by atoms with E-state index >= 15 is 0 Å². The van der Waals surface area contributed by atoms with Crippen LogP contribution in [0, 0.1) is 5.92 Å². The zero-order valence-corrected chi connectivity index (χ0v) is 13.4. The number of halogens is 1. The fourth-order valence-corrected chi connectivity index (χ4v) is 2.83. The van der Waals surface area contributed by atoms with Crippen LogP contribution in [-0.4, -0.2) is 29.7 Å². The van der Waals surface area contributed by atoms with Crippen molar-refractivity contribution in [1.29, 1.82) is 0 Å². The molecule has 0 radical (unpaired) electrons. The van der Waals surface area contributed by atoms with Crippen molar-refractivity contribution in [2.45, 2.75) is 32.6 Å². The van der Waals surface area contributed by atoms with Gasteiger partial charge in [-0.05, 0) is 30.9 Å². The summed E-state index contributed by atoms with van der Waals surface area (Å²) in [6.07, 6.45) is 3.65. The van der Waals surface area contributed by atoms with E-state index in [0.717, 1.165) is 23.7 Å². The van der Waals surface area contributed by atoms with E-state index < -0.39 is 0 Å². The largest absolute Gasteiger partial charge is 0.335 e. The zero-order valence-electron chi connectivity index (χ0n) is 11.8. The number of hydrogen-bond acceptors (Lipinski definition) is 2. The van der Waals surface area contributed by atoms with Crippen LogP contribution in [0.1, 0.15) is 43.0 Å². The van der Waals surface area contributed by atoms with E-state index in [2.05, 4.69) is 22.9 Å². The van der Waals surface area contributed by atoms with Crippen molar-refractivity contribution in [3.05, 3.63) is 34.3 Å². The van der Waals surface area contributed by atoms with Crippen LogP contribution in [0.4, 0.5) is 0 Å². The Kier molecular flexibility index (Phi) is 5.35. The van der Waals surface area contributed by atoms with Crippen molar-refractivity contribution in [2.24, 2.45) is 5.92 Å². The number of Topliss-reactive ketones (excluding diaryl/α,β-unsaturated/α-hetero) is 1. The van der Waals surface area contributed by atoms with Crippen molar-refractivity contribution in [1.82, 2.24) is 4.90 Å². The second-order valence-corrected chi connectivity index (χ2v) is 6.26. The topological polar surface area (TPSA) is 37.4 Å². The Morgan fingerprint density at radius 2 is 2.00 bits per heavy atom. The van der Waals surface area contributed by atoms with Gasteiger partial charge in [0.2, 0.25) is 5.91 Å². The lowest BCUT2D eigenvalue weighted by Gasteiger charge is -2.20. The highest BCUT2D eigenvalue weighted by Gasteiger charge is 2.23. The lowest BCUT2D eigenvalue weighted by atomic mass is 9.98. The molecule has 0 aliphatic carbocycles. The Bertz CT molecular complexity index is 484. The van der Waals surface area contributed by atoms with E-state index in [1.807, 2.05) is 12.1 Å². The van der Waals surface area contributed by atoms with Crippen LogP contribution in [0.15, 0.2) is 28.7 Å². The normalized spacial score (nSPS) is 19.8. The standard InChI is InChI=1S/C16H20BrNO2/c1-2-12-3-8-16(20)18(10-9-12)11-15(19)13-4-6-14(17)7-5-13/h4-7,12H,2-3,8-11H2,1H3. The average molecular weight is 338 g/mol. The number of carbonyl (C=O) groups is 2. The van der Waals surface area contributed by atoms with Gasteiger partial charge in [-0.15, -0.1) is 0 Å². The predicted molar refractivity (Wildman–Crippen MR) is 82.7 cm³/mol. The van der Waals surface area contributed by atoms with Crippen LogP contribution in [0.2, 0.25) is 0 Å². The molecule has 4 heteroatoms. The Labute approximate surface area is 128 Å². The van der Waals surface area contributed by atoms with Crippen LogP contribution in [0.5, 0.6) is 0 Å². The van der Waals surface area contributed by atoms with Crippen LogP contribution < -0.4 is 0 Å². The first-order valence-electron chi connectivity index (χ1n) is 7.16. The fourth-order valence-electron chi connectivity index (χ4n) is 2.57. The molecule has 1 amide bonds. The SMILES string of the molecule is CCC1CCC(=O)N(CC(=O)c2ccc(Br)cc2)CC1. The number of nitrogens with zero attached hydrogens (tertiary/aromatic N) is 1. The van der Waals surface area contributed by atoms with E-state index in [9.17, 15) is 9.59 Å². The number of rotatable bonds is 4. The summed E-state index contributed by atoms with van der Waals surface area (Å²) >= 11 is 3.35. The highest BCUT2D eigenvalue weighted by Crippen LogP contribution is 2.21. The Balaban J connectivity index is 1.99. The molecule has 1 aliphatic rings. The van der Waals surface area contributed by atoms with Gasteiger partial charge in [0.25, 0.3) is 0 Å². The maximum atomic E-state index is 12.2. The van der Waals surface area contributed by atoms with Gasteiger partial charge in [0.1, 0.15) is 0 Å². The monoisotopic (exact) mass is 337 g/mol. The van der Waals surface area contributed by atoms with Crippen LogP contribution in [-0.2, 0) is 4.79 Å². The number of benzene rings is 1. The summed E-state index contributed by atoms with van der Waals surface area (Å²) in [5, 5.41) is 0. The molecule has 1 heterocycles. The lowest BCUT2D eigenvalue weighted by Crippen LogP contribution is -2.35. The molecule has 0 bridgehead atoms. The average Bonchev–Trinajstić information content (AvgIpc) is 2.62. The Morgan fingerprint density at radius 3 is 2.65 bits per heavy atom. The molecule has 20 heavy (non-hydrogen) atoms. The Hall–Kier alpha value is -1.16. The minimum absolute atomic E-state index is 0.0146. The summed E-state index contributed by atoms with van der Waals surface area (Å²) < 4.78 is 0.950. The summed E-state index contributed by atoms with van der Waals surface area (Å²) in [5.74, 6) is 0.749. The molecule has 0 saturated carbocycles.